The van der Waals surface area contributed by atoms with Crippen molar-refractivity contribution in [2.75, 3.05) is 37.0 Å². The van der Waals surface area contributed by atoms with Crippen LogP contribution in [0, 0.1) is 0 Å². The van der Waals surface area contributed by atoms with Gasteiger partial charge in [0.15, 0.2) is 5.69 Å². The third kappa shape index (κ3) is 4.25. The Morgan fingerprint density at radius 2 is 1.61 bits per heavy atom. The van der Waals surface area contributed by atoms with Gasteiger partial charge in [0, 0.05) is 33.3 Å². The van der Waals surface area contributed by atoms with Gasteiger partial charge in [0.2, 0.25) is 5.95 Å². The van der Waals surface area contributed by atoms with Crippen molar-refractivity contribution in [1.29, 1.82) is 0 Å². The fourth-order valence-electron chi connectivity index (χ4n) is 2.87. The molecule has 2 rings (SSSR count). The molecule has 0 spiro atoms. The molecule has 1 aromatic heterocycles. The van der Waals surface area contributed by atoms with Crippen LogP contribution in [0.25, 0.3) is 0 Å². The van der Waals surface area contributed by atoms with E-state index in [1.807, 2.05) is 27.7 Å². The summed E-state index contributed by atoms with van der Waals surface area (Å²) in [7, 11) is 3.30. The largest absolute Gasteiger partial charge is 0.433 e. The van der Waals surface area contributed by atoms with Gasteiger partial charge >= 0.3 is 6.18 Å². The van der Waals surface area contributed by atoms with Gasteiger partial charge in [-0.2, -0.15) is 18.2 Å². The van der Waals surface area contributed by atoms with Gasteiger partial charge in [-0.3, -0.25) is 0 Å². The van der Waals surface area contributed by atoms with Crippen LogP contribution in [0.15, 0.2) is 6.07 Å². The van der Waals surface area contributed by atoms with Gasteiger partial charge in [-0.15, -0.1) is 0 Å². The minimum atomic E-state index is -4.51. The summed E-state index contributed by atoms with van der Waals surface area (Å²) in [5.41, 5.74) is -1.94. The molecule has 8 heteroatoms. The van der Waals surface area contributed by atoms with Crippen LogP contribution in [-0.4, -0.2) is 48.4 Å². The highest BCUT2D eigenvalue weighted by Crippen LogP contribution is 2.34. The maximum Gasteiger partial charge on any atom is 0.433 e. The van der Waals surface area contributed by atoms with Crippen molar-refractivity contribution in [3.8, 4) is 0 Å². The van der Waals surface area contributed by atoms with Crippen molar-refractivity contribution < 1.29 is 17.9 Å². The molecule has 0 aliphatic carbocycles. The monoisotopic (exact) mass is 332 g/mol. The third-order valence-electron chi connectivity index (χ3n) is 3.43. The number of ether oxygens (including phenoxy) is 1. The lowest BCUT2D eigenvalue weighted by Gasteiger charge is -2.47. The number of hydrogen-bond acceptors (Lipinski definition) is 5. The summed E-state index contributed by atoms with van der Waals surface area (Å²) in [4.78, 5) is 11.3. The zero-order valence-electron chi connectivity index (χ0n) is 14.3. The molecule has 1 aliphatic rings. The number of aromatic nitrogens is 2. The van der Waals surface area contributed by atoms with Crippen molar-refractivity contribution in [2.24, 2.45) is 0 Å². The van der Waals surface area contributed by atoms with E-state index < -0.39 is 23.1 Å². The summed E-state index contributed by atoms with van der Waals surface area (Å²) < 4.78 is 45.3. The first-order valence-electron chi connectivity index (χ1n) is 7.38. The standard InChI is InChI=1S/C15H23F3N4O/c1-13(2)8-22(9-14(3,4)23-13)12-19-10(15(16,17)18)7-11(20-12)21(5)6/h7H,8-9H2,1-6H3. The number of morpholine rings is 1. The maximum atomic E-state index is 13.1. The first-order valence-corrected chi connectivity index (χ1v) is 7.38. The smallest absolute Gasteiger partial charge is 0.366 e. The predicted octanol–water partition coefficient (Wildman–Crippen LogP) is 2.96. The second-order valence-electron chi connectivity index (χ2n) is 7.28. The van der Waals surface area contributed by atoms with E-state index in [-0.39, 0.29) is 11.8 Å². The van der Waals surface area contributed by atoms with Crippen LogP contribution in [0.1, 0.15) is 33.4 Å². The zero-order chi connectivity index (χ0) is 17.6. The van der Waals surface area contributed by atoms with E-state index in [1.165, 1.54) is 4.90 Å². The molecule has 1 saturated heterocycles. The van der Waals surface area contributed by atoms with Crippen LogP contribution in [0.4, 0.5) is 24.9 Å². The molecule has 0 N–H and O–H groups in total. The highest BCUT2D eigenvalue weighted by molar-refractivity contribution is 5.46. The molecule has 0 bridgehead atoms. The molecular weight excluding hydrogens is 309 g/mol. The van der Waals surface area contributed by atoms with E-state index in [4.69, 9.17) is 4.74 Å². The predicted molar refractivity (Wildman–Crippen MR) is 82.8 cm³/mol. The summed E-state index contributed by atoms with van der Waals surface area (Å²) in [5, 5.41) is 0. The van der Waals surface area contributed by atoms with Gasteiger partial charge < -0.3 is 14.5 Å². The Kier molecular flexibility index (Phi) is 4.26. The minimum absolute atomic E-state index is 0.0768. The van der Waals surface area contributed by atoms with Gasteiger partial charge in [0.05, 0.1) is 11.2 Å². The molecule has 1 aromatic rings. The molecule has 2 heterocycles. The summed E-state index contributed by atoms with van der Waals surface area (Å²) in [6, 6.07) is 0.959. The van der Waals surface area contributed by atoms with Crippen molar-refractivity contribution in [2.45, 2.75) is 45.1 Å². The Balaban J connectivity index is 2.47. The second kappa shape index (κ2) is 5.51. The zero-order valence-corrected chi connectivity index (χ0v) is 14.3. The van der Waals surface area contributed by atoms with Crippen molar-refractivity contribution in [1.82, 2.24) is 9.97 Å². The van der Waals surface area contributed by atoms with Crippen LogP contribution < -0.4 is 9.80 Å². The molecule has 0 amide bonds. The molecule has 0 radical (unpaired) electrons. The first-order chi connectivity index (χ1) is 10.3. The Morgan fingerprint density at radius 3 is 2.04 bits per heavy atom. The minimum Gasteiger partial charge on any atom is -0.366 e. The van der Waals surface area contributed by atoms with E-state index in [1.54, 1.807) is 19.0 Å². The number of alkyl halides is 3. The van der Waals surface area contributed by atoms with Gasteiger partial charge in [-0.1, -0.05) is 0 Å². The summed E-state index contributed by atoms with van der Waals surface area (Å²) >= 11 is 0. The van der Waals surface area contributed by atoms with Gasteiger partial charge in [-0.25, -0.2) is 4.98 Å². The molecular formula is C15H23F3N4O. The molecule has 130 valence electrons. The molecule has 23 heavy (non-hydrogen) atoms. The number of halogens is 3. The number of rotatable bonds is 2. The average molecular weight is 332 g/mol. The molecule has 1 fully saturated rings. The Hall–Kier alpha value is -1.57. The van der Waals surface area contributed by atoms with Gasteiger partial charge in [-0.05, 0) is 27.7 Å². The molecule has 0 atom stereocenters. The van der Waals surface area contributed by atoms with Crippen molar-refractivity contribution in [3.05, 3.63) is 11.8 Å². The normalized spacial score (nSPS) is 20.5. The lowest BCUT2D eigenvalue weighted by Crippen LogP contribution is -2.57. The average Bonchev–Trinajstić information content (AvgIpc) is 2.33. The molecule has 0 saturated carbocycles. The molecule has 0 unspecified atom stereocenters. The quantitative estimate of drug-likeness (QED) is 0.833. The highest BCUT2D eigenvalue weighted by atomic mass is 19.4. The Labute approximate surface area is 134 Å². The second-order valence-corrected chi connectivity index (χ2v) is 7.28. The van der Waals surface area contributed by atoms with Crippen LogP contribution >= 0.6 is 0 Å². The summed E-state index contributed by atoms with van der Waals surface area (Å²) in [6.45, 7) is 8.46. The van der Waals surface area contributed by atoms with E-state index >= 15 is 0 Å². The SMILES string of the molecule is CN(C)c1cc(C(F)(F)F)nc(N2CC(C)(C)OC(C)(C)C2)n1. The highest BCUT2D eigenvalue weighted by Gasteiger charge is 2.40. The maximum absolute atomic E-state index is 13.1. The number of hydrogen-bond donors (Lipinski definition) is 0. The molecule has 1 aliphatic heterocycles. The van der Waals surface area contributed by atoms with Crippen LogP contribution in [0.5, 0.6) is 0 Å². The van der Waals surface area contributed by atoms with E-state index in [9.17, 15) is 13.2 Å². The lowest BCUT2D eigenvalue weighted by molar-refractivity contribution is -0.141. The summed E-state index contributed by atoms with van der Waals surface area (Å²) in [5.74, 6) is 0.303. The third-order valence-corrected chi connectivity index (χ3v) is 3.43. The topological polar surface area (TPSA) is 41.5 Å². The lowest BCUT2D eigenvalue weighted by atomic mass is 9.99. The van der Waals surface area contributed by atoms with Crippen LogP contribution in [0.2, 0.25) is 0 Å². The van der Waals surface area contributed by atoms with Gasteiger partial charge in [0.1, 0.15) is 5.82 Å². The first kappa shape index (κ1) is 17.8. The number of anilines is 2. The van der Waals surface area contributed by atoms with Crippen molar-refractivity contribution >= 4 is 11.8 Å². The fourth-order valence-corrected chi connectivity index (χ4v) is 2.87. The van der Waals surface area contributed by atoms with E-state index in [0.717, 1.165) is 6.07 Å². The molecule has 0 aromatic carbocycles. The summed E-state index contributed by atoms with van der Waals surface area (Å²) in [6.07, 6.45) is -4.51. The van der Waals surface area contributed by atoms with Crippen LogP contribution in [-0.2, 0) is 10.9 Å². The van der Waals surface area contributed by atoms with E-state index in [0.29, 0.717) is 13.1 Å². The van der Waals surface area contributed by atoms with Crippen molar-refractivity contribution in [3.63, 3.8) is 0 Å². The van der Waals surface area contributed by atoms with Crippen LogP contribution in [0.3, 0.4) is 0 Å². The Morgan fingerprint density at radius 1 is 1.09 bits per heavy atom. The van der Waals surface area contributed by atoms with Gasteiger partial charge in [0.25, 0.3) is 0 Å². The Bertz CT molecular complexity index is 569. The fraction of sp³-hybridized carbons (Fsp3) is 0.733. The number of nitrogens with zero attached hydrogens (tertiary/aromatic N) is 4. The molecule has 5 nitrogen and oxygen atoms in total. The van der Waals surface area contributed by atoms with E-state index in [2.05, 4.69) is 9.97 Å².